The van der Waals surface area contributed by atoms with E-state index in [1.807, 2.05) is 0 Å². The summed E-state index contributed by atoms with van der Waals surface area (Å²) in [6.45, 7) is 11.8. The van der Waals surface area contributed by atoms with E-state index in [0.29, 0.717) is 31.6 Å². The van der Waals surface area contributed by atoms with Crippen molar-refractivity contribution in [2.75, 3.05) is 39.6 Å². The summed E-state index contributed by atoms with van der Waals surface area (Å²) in [6, 6.07) is 0. The molecule has 0 amide bonds. The Hall–Kier alpha value is -1.94. The van der Waals surface area contributed by atoms with Crippen molar-refractivity contribution in [3.63, 3.8) is 0 Å². The van der Waals surface area contributed by atoms with Crippen molar-refractivity contribution in [3.05, 3.63) is 0 Å². The maximum Gasteiger partial charge on any atom is 0.472 e. The molecule has 0 aromatic heterocycles. The van der Waals surface area contributed by atoms with Gasteiger partial charge in [0.05, 0.1) is 26.4 Å². The van der Waals surface area contributed by atoms with Gasteiger partial charge in [-0.3, -0.25) is 37.3 Å². The minimum Gasteiger partial charge on any atom is -0.462 e. The molecule has 0 saturated carbocycles. The van der Waals surface area contributed by atoms with Crippen LogP contribution < -0.4 is 0 Å². The lowest BCUT2D eigenvalue weighted by Crippen LogP contribution is -2.30. The highest BCUT2D eigenvalue weighted by atomic mass is 31.2. The summed E-state index contributed by atoms with van der Waals surface area (Å²) in [5, 5.41) is 10.6. The quantitative estimate of drug-likeness (QED) is 0.0222. The molecular weight excluding hydrogens is 1250 g/mol. The molecule has 3 N–H and O–H groups in total. The first kappa shape index (κ1) is 93.1. The fourth-order valence-corrected chi connectivity index (χ4v) is 13.1. The molecule has 3 unspecified atom stereocenters. The van der Waals surface area contributed by atoms with Crippen molar-refractivity contribution in [1.29, 1.82) is 0 Å². The number of phosphoric ester groups is 2. The molecule has 95 heavy (non-hydrogen) atoms. The summed E-state index contributed by atoms with van der Waals surface area (Å²) < 4.78 is 68.5. The van der Waals surface area contributed by atoms with Crippen molar-refractivity contribution >= 4 is 39.5 Å². The fourth-order valence-electron chi connectivity index (χ4n) is 11.6. The Morgan fingerprint density at radius 3 is 0.800 bits per heavy atom. The van der Waals surface area contributed by atoms with Gasteiger partial charge in [0.1, 0.15) is 19.3 Å². The molecule has 19 heteroatoms. The average Bonchev–Trinajstić information content (AvgIpc) is 1.99. The summed E-state index contributed by atoms with van der Waals surface area (Å²) >= 11 is 0. The normalized spacial score (nSPS) is 14.4. The van der Waals surface area contributed by atoms with Gasteiger partial charge >= 0.3 is 39.5 Å². The highest BCUT2D eigenvalue weighted by Gasteiger charge is 2.30. The molecule has 17 nitrogen and oxygen atoms in total. The second kappa shape index (κ2) is 66.6. The van der Waals surface area contributed by atoms with Crippen LogP contribution in [0.1, 0.15) is 389 Å². The lowest BCUT2D eigenvalue weighted by atomic mass is 10.00. The van der Waals surface area contributed by atoms with E-state index in [2.05, 4.69) is 48.5 Å². The van der Waals surface area contributed by atoms with Crippen molar-refractivity contribution in [2.24, 2.45) is 17.8 Å². The Labute approximate surface area is 581 Å². The van der Waals surface area contributed by atoms with Gasteiger partial charge in [-0.2, -0.15) is 0 Å². The number of carbonyl (C=O) groups is 4. The Morgan fingerprint density at radius 1 is 0.305 bits per heavy atom. The monoisotopic (exact) mass is 1400 g/mol. The molecule has 0 bridgehead atoms. The first-order valence-electron chi connectivity index (χ1n) is 39.4. The summed E-state index contributed by atoms with van der Waals surface area (Å²) in [7, 11) is -9.91. The topological polar surface area (TPSA) is 237 Å². The van der Waals surface area contributed by atoms with Gasteiger partial charge in [-0.1, -0.05) is 337 Å². The van der Waals surface area contributed by atoms with Crippen LogP contribution in [0.3, 0.4) is 0 Å². The largest absolute Gasteiger partial charge is 0.472 e. The Bertz CT molecular complexity index is 1850. The number of phosphoric acid groups is 2. The van der Waals surface area contributed by atoms with Gasteiger partial charge in [-0.15, -0.1) is 0 Å². The van der Waals surface area contributed by atoms with E-state index in [-0.39, 0.29) is 25.7 Å². The van der Waals surface area contributed by atoms with Gasteiger partial charge in [0, 0.05) is 25.7 Å². The maximum atomic E-state index is 13.1. The molecule has 0 aliphatic carbocycles. The predicted molar refractivity (Wildman–Crippen MR) is 386 cm³/mol. The Morgan fingerprint density at radius 2 is 0.537 bits per heavy atom. The van der Waals surface area contributed by atoms with Gasteiger partial charge in [-0.25, -0.2) is 9.13 Å². The van der Waals surface area contributed by atoms with Gasteiger partial charge in [0.15, 0.2) is 12.2 Å². The molecule has 6 atom stereocenters. The van der Waals surface area contributed by atoms with Gasteiger partial charge in [-0.05, 0) is 43.4 Å². The number of aliphatic hydroxyl groups excluding tert-OH is 1. The zero-order chi connectivity index (χ0) is 70.1. The van der Waals surface area contributed by atoms with Crippen LogP contribution in [0.15, 0.2) is 0 Å². The standard InChI is InChI=1S/C76H148O17P2/c1-8-10-11-12-13-14-15-16-17-18-19-20-21-22-23-24-27-31-36-45-52-59-75(80)92-71(63-86-73(78)57-50-43-35-30-28-25-26-29-33-40-47-54-67(3)4)65-90-94(82,83)88-61-70(77)62-89-95(84,85)91-66-72(93-76(81)60-53-46-37-32-34-41-48-55-68(5)6)64-87-74(79)58-51-44-39-38-42-49-56-69(7)9-2/h67-72,77H,8-66H2,1-7H3,(H,82,83)(H,84,85)/t69?,70-,71-,72-/m1/s1. The Balaban J connectivity index is 5.20. The number of hydrogen-bond donors (Lipinski definition) is 3. The molecule has 0 spiro atoms. The molecule has 0 radical (unpaired) electrons. The van der Waals surface area contributed by atoms with E-state index >= 15 is 0 Å². The number of ether oxygens (including phenoxy) is 4. The first-order valence-corrected chi connectivity index (χ1v) is 42.4. The van der Waals surface area contributed by atoms with E-state index in [0.717, 1.165) is 108 Å². The maximum absolute atomic E-state index is 13.1. The number of rotatable bonds is 74. The van der Waals surface area contributed by atoms with Crippen molar-refractivity contribution < 1.29 is 80.2 Å². The first-order chi connectivity index (χ1) is 45.8. The summed E-state index contributed by atoms with van der Waals surface area (Å²) in [5.41, 5.74) is 0. The van der Waals surface area contributed by atoms with E-state index in [9.17, 15) is 43.2 Å². The molecule has 0 aliphatic rings. The molecule has 564 valence electrons. The zero-order valence-corrected chi connectivity index (χ0v) is 63.9. The minimum absolute atomic E-state index is 0.102. The zero-order valence-electron chi connectivity index (χ0n) is 62.1. The molecule has 0 aromatic rings. The van der Waals surface area contributed by atoms with E-state index in [4.69, 9.17) is 37.0 Å². The molecule has 0 rings (SSSR count). The molecule has 0 fully saturated rings. The smallest absolute Gasteiger partial charge is 0.462 e. The number of hydrogen-bond acceptors (Lipinski definition) is 15. The predicted octanol–water partition coefficient (Wildman–Crippen LogP) is 22.2. The van der Waals surface area contributed by atoms with Crippen LogP contribution >= 0.6 is 15.6 Å². The van der Waals surface area contributed by atoms with E-state index < -0.39 is 97.5 Å². The molecule has 0 saturated heterocycles. The van der Waals surface area contributed by atoms with Gasteiger partial charge < -0.3 is 33.8 Å². The number of carbonyl (C=O) groups excluding carboxylic acids is 4. The summed E-state index contributed by atoms with van der Waals surface area (Å²) in [6.07, 6.45) is 53.0. The molecule has 0 aliphatic heterocycles. The van der Waals surface area contributed by atoms with Crippen molar-refractivity contribution in [3.8, 4) is 0 Å². The van der Waals surface area contributed by atoms with Gasteiger partial charge in [0.2, 0.25) is 0 Å². The summed E-state index contributed by atoms with van der Waals surface area (Å²) in [5.74, 6) is 0.0743. The number of esters is 4. The van der Waals surface area contributed by atoms with Crippen molar-refractivity contribution in [2.45, 2.75) is 407 Å². The molecule has 0 heterocycles. The molecule has 0 aromatic carbocycles. The second-order valence-electron chi connectivity index (χ2n) is 28.6. The van der Waals surface area contributed by atoms with Crippen LogP contribution in [0.25, 0.3) is 0 Å². The Kier molecular flexibility index (Phi) is 65.2. The SMILES string of the molecule is CCCCCCCCCCCCCCCCCCCCCCCC(=O)O[C@H](COC(=O)CCCCCCCCCCCCCC(C)C)COP(=O)(O)OC[C@@H](O)COP(=O)(O)OC[C@@H](COC(=O)CCCCCCCCC(C)CC)OC(=O)CCCCCCCCCC(C)C. The lowest BCUT2D eigenvalue weighted by Gasteiger charge is -2.21. The summed E-state index contributed by atoms with van der Waals surface area (Å²) in [4.78, 5) is 72.7. The molecular formula is C76H148O17P2. The highest BCUT2D eigenvalue weighted by Crippen LogP contribution is 2.45. The van der Waals surface area contributed by atoms with Crippen LogP contribution in [-0.2, 0) is 65.4 Å². The average molecular weight is 1400 g/mol. The lowest BCUT2D eigenvalue weighted by molar-refractivity contribution is -0.161. The van der Waals surface area contributed by atoms with Crippen LogP contribution in [0, 0.1) is 17.8 Å². The fraction of sp³-hybridized carbons (Fsp3) is 0.947. The van der Waals surface area contributed by atoms with Crippen molar-refractivity contribution in [1.82, 2.24) is 0 Å². The third-order valence-electron chi connectivity index (χ3n) is 18.0. The van der Waals surface area contributed by atoms with E-state index in [1.54, 1.807) is 0 Å². The second-order valence-corrected chi connectivity index (χ2v) is 31.5. The van der Waals surface area contributed by atoms with E-state index in [1.165, 1.54) is 193 Å². The minimum atomic E-state index is -4.96. The number of aliphatic hydroxyl groups is 1. The van der Waals surface area contributed by atoms with Crippen LogP contribution in [-0.4, -0.2) is 96.7 Å². The van der Waals surface area contributed by atoms with Gasteiger partial charge in [0.25, 0.3) is 0 Å². The number of unbranched alkanes of at least 4 members (excludes halogenated alkanes) is 41. The van der Waals surface area contributed by atoms with Crippen LogP contribution in [0.2, 0.25) is 0 Å². The van der Waals surface area contributed by atoms with Crippen LogP contribution in [0.4, 0.5) is 0 Å². The highest BCUT2D eigenvalue weighted by molar-refractivity contribution is 7.47. The van der Waals surface area contributed by atoms with Crippen LogP contribution in [0.5, 0.6) is 0 Å². The third kappa shape index (κ3) is 69.0. The third-order valence-corrected chi connectivity index (χ3v) is 19.9.